The molecule has 0 saturated carbocycles. The lowest BCUT2D eigenvalue weighted by Gasteiger charge is -2.29. The van der Waals surface area contributed by atoms with Crippen LogP contribution in [0.4, 0.5) is 5.82 Å². The molecule has 1 aromatic heterocycles. The van der Waals surface area contributed by atoms with Gasteiger partial charge in [0.05, 0.1) is 25.1 Å². The molecule has 1 amide bonds. The van der Waals surface area contributed by atoms with Crippen molar-refractivity contribution in [2.45, 2.75) is 25.0 Å². The summed E-state index contributed by atoms with van der Waals surface area (Å²) in [6.07, 6.45) is 1.23. The van der Waals surface area contributed by atoms with Crippen LogP contribution in [0.2, 0.25) is 0 Å². The first-order chi connectivity index (χ1) is 12.6. The summed E-state index contributed by atoms with van der Waals surface area (Å²) in [5.41, 5.74) is 0.699. The Labute approximate surface area is 155 Å². The van der Waals surface area contributed by atoms with Gasteiger partial charge in [0.25, 0.3) is 0 Å². The fraction of sp³-hybridized carbons (Fsp3) is 0.389. The SMILES string of the molecule is CC(=O)Nc1ccn(C2CSC(COCc3ccccc3)CO2)c(=O)n1. The Bertz CT molecular complexity index is 789. The molecule has 0 radical (unpaired) electrons. The van der Waals surface area contributed by atoms with E-state index in [4.69, 9.17) is 9.47 Å². The third-order valence-corrected chi connectivity index (χ3v) is 5.03. The van der Waals surface area contributed by atoms with Crippen molar-refractivity contribution in [2.24, 2.45) is 0 Å². The van der Waals surface area contributed by atoms with Crippen LogP contribution in [0.5, 0.6) is 0 Å². The number of rotatable bonds is 6. The molecule has 1 N–H and O–H groups in total. The second-order valence-electron chi connectivity index (χ2n) is 5.93. The quantitative estimate of drug-likeness (QED) is 0.832. The van der Waals surface area contributed by atoms with Crippen molar-refractivity contribution >= 4 is 23.5 Å². The molecule has 1 aliphatic heterocycles. The molecule has 1 aromatic carbocycles. The number of carbonyl (C=O) groups is 1. The number of hydrogen-bond acceptors (Lipinski definition) is 6. The highest BCUT2D eigenvalue weighted by Crippen LogP contribution is 2.26. The molecule has 0 bridgehead atoms. The highest BCUT2D eigenvalue weighted by atomic mass is 32.2. The van der Waals surface area contributed by atoms with Gasteiger partial charge in [-0.25, -0.2) is 4.79 Å². The number of thioether (sulfide) groups is 1. The van der Waals surface area contributed by atoms with Crippen LogP contribution >= 0.6 is 11.8 Å². The summed E-state index contributed by atoms with van der Waals surface area (Å²) in [6.45, 7) is 3.05. The molecule has 1 saturated heterocycles. The minimum Gasteiger partial charge on any atom is -0.376 e. The fourth-order valence-electron chi connectivity index (χ4n) is 2.55. The van der Waals surface area contributed by atoms with Crippen LogP contribution in [0.1, 0.15) is 18.7 Å². The summed E-state index contributed by atoms with van der Waals surface area (Å²) in [5.74, 6) is 0.618. The fourth-order valence-corrected chi connectivity index (χ4v) is 3.62. The maximum absolute atomic E-state index is 12.1. The van der Waals surface area contributed by atoms with Crippen LogP contribution in [0.3, 0.4) is 0 Å². The summed E-state index contributed by atoms with van der Waals surface area (Å²) in [4.78, 5) is 27.0. The van der Waals surface area contributed by atoms with Crippen molar-refractivity contribution in [3.63, 3.8) is 0 Å². The van der Waals surface area contributed by atoms with Gasteiger partial charge < -0.3 is 14.8 Å². The molecular weight excluding hydrogens is 354 g/mol. The zero-order valence-corrected chi connectivity index (χ0v) is 15.3. The molecule has 1 fully saturated rings. The third-order valence-electron chi connectivity index (χ3n) is 3.81. The second-order valence-corrected chi connectivity index (χ2v) is 7.26. The summed E-state index contributed by atoms with van der Waals surface area (Å²) in [5, 5.41) is 2.73. The lowest BCUT2D eigenvalue weighted by molar-refractivity contribution is -0.114. The molecule has 2 aromatic rings. The van der Waals surface area contributed by atoms with E-state index in [0.717, 1.165) is 5.56 Å². The first-order valence-corrected chi connectivity index (χ1v) is 9.38. The van der Waals surface area contributed by atoms with E-state index in [1.807, 2.05) is 30.3 Å². The molecule has 0 aliphatic carbocycles. The van der Waals surface area contributed by atoms with Crippen LogP contribution in [0.15, 0.2) is 47.4 Å². The van der Waals surface area contributed by atoms with Gasteiger partial charge in [-0.15, -0.1) is 11.8 Å². The zero-order valence-electron chi connectivity index (χ0n) is 14.5. The lowest BCUT2D eigenvalue weighted by atomic mass is 10.2. The number of aromatic nitrogens is 2. The van der Waals surface area contributed by atoms with Gasteiger partial charge in [0, 0.05) is 18.9 Å². The molecule has 138 valence electrons. The van der Waals surface area contributed by atoms with Gasteiger partial charge in [0.15, 0.2) is 0 Å². The van der Waals surface area contributed by atoms with Crippen molar-refractivity contribution in [3.8, 4) is 0 Å². The molecule has 1 aliphatic rings. The van der Waals surface area contributed by atoms with Gasteiger partial charge in [0.2, 0.25) is 5.91 Å². The summed E-state index contributed by atoms with van der Waals surface area (Å²) < 4.78 is 13.0. The van der Waals surface area contributed by atoms with Crippen LogP contribution in [0, 0.1) is 0 Å². The smallest absolute Gasteiger partial charge is 0.351 e. The standard InChI is InChI=1S/C18H21N3O4S/c1-13(22)19-16-7-8-21(18(23)20-16)17-12-26-15(11-25-17)10-24-9-14-5-3-2-4-6-14/h2-8,15,17H,9-12H2,1H3,(H,19,20,22,23). The van der Waals surface area contributed by atoms with E-state index < -0.39 is 5.69 Å². The van der Waals surface area contributed by atoms with Gasteiger partial charge in [-0.05, 0) is 11.6 Å². The van der Waals surface area contributed by atoms with Crippen molar-refractivity contribution in [1.82, 2.24) is 9.55 Å². The summed E-state index contributed by atoms with van der Waals surface area (Å²) in [7, 11) is 0. The highest BCUT2D eigenvalue weighted by molar-refractivity contribution is 8.00. The minimum absolute atomic E-state index is 0.234. The van der Waals surface area contributed by atoms with E-state index >= 15 is 0 Å². The molecule has 2 unspecified atom stereocenters. The first kappa shape index (κ1) is 18.6. The van der Waals surface area contributed by atoms with Crippen LogP contribution in [-0.4, -0.2) is 39.7 Å². The zero-order chi connectivity index (χ0) is 18.4. The van der Waals surface area contributed by atoms with Gasteiger partial charge in [-0.2, -0.15) is 4.98 Å². The largest absolute Gasteiger partial charge is 0.376 e. The number of carbonyl (C=O) groups excluding carboxylic acids is 1. The maximum atomic E-state index is 12.1. The molecular formula is C18H21N3O4S. The number of hydrogen-bond donors (Lipinski definition) is 1. The van der Waals surface area contributed by atoms with Gasteiger partial charge in [-0.3, -0.25) is 9.36 Å². The summed E-state index contributed by atoms with van der Waals surface area (Å²) in [6, 6.07) is 11.6. The number of anilines is 1. The van der Waals surface area contributed by atoms with Crippen molar-refractivity contribution in [1.29, 1.82) is 0 Å². The number of nitrogens with zero attached hydrogens (tertiary/aromatic N) is 2. The molecule has 26 heavy (non-hydrogen) atoms. The van der Waals surface area contributed by atoms with Gasteiger partial charge >= 0.3 is 5.69 Å². The molecule has 8 heteroatoms. The van der Waals surface area contributed by atoms with E-state index in [2.05, 4.69) is 10.3 Å². The third kappa shape index (κ3) is 5.17. The van der Waals surface area contributed by atoms with Crippen LogP contribution in [-0.2, 0) is 20.9 Å². The number of amides is 1. The Balaban J connectivity index is 1.47. The molecule has 3 rings (SSSR count). The van der Waals surface area contributed by atoms with E-state index in [1.165, 1.54) is 11.5 Å². The molecule has 7 nitrogen and oxygen atoms in total. The normalized spacial score (nSPS) is 19.9. The minimum atomic E-state index is -0.444. The van der Waals surface area contributed by atoms with E-state index in [1.54, 1.807) is 24.0 Å². The lowest BCUT2D eigenvalue weighted by Crippen LogP contribution is -2.36. The van der Waals surface area contributed by atoms with Crippen molar-refractivity contribution < 1.29 is 14.3 Å². The Morgan fingerprint density at radius 2 is 2.19 bits per heavy atom. The number of benzene rings is 1. The monoisotopic (exact) mass is 375 g/mol. The van der Waals surface area contributed by atoms with E-state index in [-0.39, 0.29) is 23.2 Å². The predicted molar refractivity (Wildman–Crippen MR) is 100 cm³/mol. The summed E-state index contributed by atoms with van der Waals surface area (Å²) >= 11 is 1.72. The van der Waals surface area contributed by atoms with Crippen molar-refractivity contribution in [3.05, 3.63) is 58.6 Å². The Hall–Kier alpha value is -2.16. The first-order valence-electron chi connectivity index (χ1n) is 8.33. The average Bonchev–Trinajstić information content (AvgIpc) is 2.63. The number of nitrogens with one attached hydrogen (secondary N) is 1. The van der Waals surface area contributed by atoms with Crippen LogP contribution in [0.25, 0.3) is 0 Å². The Morgan fingerprint density at radius 3 is 2.85 bits per heavy atom. The van der Waals surface area contributed by atoms with Gasteiger partial charge in [-0.1, -0.05) is 30.3 Å². The molecule has 2 heterocycles. The van der Waals surface area contributed by atoms with Crippen LogP contribution < -0.4 is 11.0 Å². The number of ether oxygens (including phenoxy) is 2. The molecule has 0 spiro atoms. The van der Waals surface area contributed by atoms with E-state index in [9.17, 15) is 9.59 Å². The highest BCUT2D eigenvalue weighted by Gasteiger charge is 2.24. The predicted octanol–water partition coefficient (Wildman–Crippen LogP) is 2.05. The van der Waals surface area contributed by atoms with E-state index in [0.29, 0.717) is 25.6 Å². The van der Waals surface area contributed by atoms with Gasteiger partial charge in [0.1, 0.15) is 12.0 Å². The maximum Gasteiger partial charge on any atom is 0.351 e. The molecule has 2 atom stereocenters. The Kier molecular flexibility index (Phi) is 6.43. The topological polar surface area (TPSA) is 82.5 Å². The Morgan fingerprint density at radius 1 is 1.38 bits per heavy atom. The second kappa shape index (κ2) is 8.98. The average molecular weight is 375 g/mol. The van der Waals surface area contributed by atoms with Crippen molar-refractivity contribution in [2.75, 3.05) is 24.3 Å².